The molecule has 17 heavy (non-hydrogen) atoms. The number of amides is 1. The van der Waals surface area contributed by atoms with Crippen LogP contribution in [-0.4, -0.2) is 30.3 Å². The van der Waals surface area contributed by atoms with E-state index in [9.17, 15) is 13.6 Å². The van der Waals surface area contributed by atoms with Crippen molar-refractivity contribution in [1.82, 2.24) is 5.32 Å². The highest BCUT2D eigenvalue weighted by atomic mass is 19.3. The molecule has 1 aromatic rings. The number of carbonyl (C=O) groups excluding carboxylic acids is 1. The molecule has 0 bridgehead atoms. The van der Waals surface area contributed by atoms with Crippen molar-refractivity contribution in [3.8, 4) is 5.75 Å². The van der Waals surface area contributed by atoms with Gasteiger partial charge < -0.3 is 15.2 Å². The third-order valence-electron chi connectivity index (χ3n) is 2.00. The summed E-state index contributed by atoms with van der Waals surface area (Å²) in [4.78, 5) is 11.7. The summed E-state index contributed by atoms with van der Waals surface area (Å²) in [5.41, 5.74) is 0.00750. The number of carbonyl (C=O) groups is 1. The SMILES string of the molecule is CC(CO)NC(=O)c1ccccc1OC(F)F. The van der Waals surface area contributed by atoms with Gasteiger partial charge in [-0.05, 0) is 19.1 Å². The Kier molecular flexibility index (Phi) is 4.84. The zero-order valence-electron chi connectivity index (χ0n) is 9.19. The molecule has 0 saturated carbocycles. The Morgan fingerprint density at radius 1 is 1.47 bits per heavy atom. The van der Waals surface area contributed by atoms with Crippen LogP contribution in [0.4, 0.5) is 8.78 Å². The molecule has 1 amide bonds. The Morgan fingerprint density at radius 2 is 2.12 bits per heavy atom. The molecule has 1 rings (SSSR count). The van der Waals surface area contributed by atoms with E-state index in [-0.39, 0.29) is 17.9 Å². The summed E-state index contributed by atoms with van der Waals surface area (Å²) in [6, 6.07) is 5.23. The summed E-state index contributed by atoms with van der Waals surface area (Å²) in [5, 5.41) is 11.2. The predicted molar refractivity (Wildman–Crippen MR) is 57.1 cm³/mol. The average Bonchev–Trinajstić information content (AvgIpc) is 2.28. The fraction of sp³-hybridized carbons (Fsp3) is 0.364. The maximum Gasteiger partial charge on any atom is 0.387 e. The molecule has 1 atom stereocenters. The number of rotatable bonds is 5. The minimum Gasteiger partial charge on any atom is -0.434 e. The number of halogens is 2. The third-order valence-corrected chi connectivity index (χ3v) is 2.00. The van der Waals surface area contributed by atoms with Gasteiger partial charge in [-0.3, -0.25) is 4.79 Å². The summed E-state index contributed by atoms with van der Waals surface area (Å²) in [7, 11) is 0. The van der Waals surface area contributed by atoms with Gasteiger partial charge >= 0.3 is 6.61 Å². The number of aliphatic hydroxyl groups is 1. The van der Waals surface area contributed by atoms with E-state index in [4.69, 9.17) is 5.11 Å². The van der Waals surface area contributed by atoms with E-state index in [1.54, 1.807) is 6.92 Å². The molecule has 0 saturated heterocycles. The first-order chi connectivity index (χ1) is 8.04. The molecule has 94 valence electrons. The monoisotopic (exact) mass is 245 g/mol. The average molecular weight is 245 g/mol. The van der Waals surface area contributed by atoms with Gasteiger partial charge in [0.15, 0.2) is 0 Å². The second-order valence-electron chi connectivity index (χ2n) is 3.43. The van der Waals surface area contributed by atoms with Gasteiger partial charge in [0.05, 0.1) is 12.2 Å². The van der Waals surface area contributed by atoms with Crippen LogP contribution >= 0.6 is 0 Å². The zero-order valence-corrected chi connectivity index (χ0v) is 9.19. The number of para-hydroxylation sites is 1. The lowest BCUT2D eigenvalue weighted by atomic mass is 10.2. The molecule has 6 heteroatoms. The van der Waals surface area contributed by atoms with Gasteiger partial charge in [0.1, 0.15) is 5.75 Å². The van der Waals surface area contributed by atoms with Crippen molar-refractivity contribution in [2.24, 2.45) is 0 Å². The number of hydrogen-bond donors (Lipinski definition) is 2. The minimum atomic E-state index is -2.99. The lowest BCUT2D eigenvalue weighted by Crippen LogP contribution is -2.35. The smallest absolute Gasteiger partial charge is 0.387 e. The Hall–Kier alpha value is -1.69. The Bertz CT molecular complexity index is 385. The quantitative estimate of drug-likeness (QED) is 0.824. The van der Waals surface area contributed by atoms with Gasteiger partial charge in [0, 0.05) is 6.04 Å². The van der Waals surface area contributed by atoms with Crippen LogP contribution in [0.25, 0.3) is 0 Å². The second-order valence-corrected chi connectivity index (χ2v) is 3.43. The zero-order chi connectivity index (χ0) is 12.8. The van der Waals surface area contributed by atoms with Crippen LogP contribution in [0.2, 0.25) is 0 Å². The van der Waals surface area contributed by atoms with Crippen LogP contribution in [0.3, 0.4) is 0 Å². The van der Waals surface area contributed by atoms with E-state index in [1.165, 1.54) is 24.3 Å². The Labute approximate surface area is 97.2 Å². The van der Waals surface area contributed by atoms with E-state index < -0.39 is 18.6 Å². The maximum atomic E-state index is 12.1. The van der Waals surface area contributed by atoms with Gasteiger partial charge in [0.2, 0.25) is 0 Å². The van der Waals surface area contributed by atoms with E-state index in [2.05, 4.69) is 10.1 Å². The van der Waals surface area contributed by atoms with Crippen LogP contribution in [0.1, 0.15) is 17.3 Å². The molecule has 0 radical (unpaired) electrons. The highest BCUT2D eigenvalue weighted by Crippen LogP contribution is 2.20. The van der Waals surface area contributed by atoms with Gasteiger partial charge in [-0.1, -0.05) is 12.1 Å². The van der Waals surface area contributed by atoms with E-state index >= 15 is 0 Å². The molecule has 0 aliphatic heterocycles. The Balaban J connectivity index is 2.85. The molecular formula is C11H13F2NO3. The van der Waals surface area contributed by atoms with Crippen molar-refractivity contribution in [2.75, 3.05) is 6.61 Å². The molecule has 0 spiro atoms. The number of alkyl halides is 2. The predicted octanol–water partition coefficient (Wildman–Crippen LogP) is 1.40. The summed E-state index contributed by atoms with van der Waals surface area (Å²) < 4.78 is 28.4. The van der Waals surface area contributed by atoms with Crippen molar-refractivity contribution in [3.63, 3.8) is 0 Å². The van der Waals surface area contributed by atoms with E-state index in [1.807, 2.05) is 0 Å². The molecule has 1 unspecified atom stereocenters. The molecule has 0 aliphatic rings. The van der Waals surface area contributed by atoms with Crippen molar-refractivity contribution < 1.29 is 23.4 Å². The van der Waals surface area contributed by atoms with Gasteiger partial charge in [-0.15, -0.1) is 0 Å². The number of benzene rings is 1. The van der Waals surface area contributed by atoms with Crippen molar-refractivity contribution in [1.29, 1.82) is 0 Å². The first-order valence-electron chi connectivity index (χ1n) is 5.00. The normalized spacial score (nSPS) is 12.3. The first kappa shape index (κ1) is 13.4. The van der Waals surface area contributed by atoms with Crippen LogP contribution in [0.15, 0.2) is 24.3 Å². The lowest BCUT2D eigenvalue weighted by molar-refractivity contribution is -0.0501. The van der Waals surface area contributed by atoms with Gasteiger partial charge in [0.25, 0.3) is 5.91 Å². The molecule has 2 N–H and O–H groups in total. The lowest BCUT2D eigenvalue weighted by Gasteiger charge is -2.13. The topological polar surface area (TPSA) is 58.6 Å². The van der Waals surface area contributed by atoms with Crippen LogP contribution in [-0.2, 0) is 0 Å². The molecule has 4 nitrogen and oxygen atoms in total. The van der Waals surface area contributed by atoms with E-state index in [0.717, 1.165) is 0 Å². The summed E-state index contributed by atoms with van der Waals surface area (Å²) in [6.07, 6.45) is 0. The van der Waals surface area contributed by atoms with Crippen LogP contribution in [0, 0.1) is 0 Å². The molecule has 0 heterocycles. The maximum absolute atomic E-state index is 12.1. The highest BCUT2D eigenvalue weighted by molar-refractivity contribution is 5.97. The minimum absolute atomic E-state index is 0.00750. The van der Waals surface area contributed by atoms with Gasteiger partial charge in [-0.2, -0.15) is 8.78 Å². The summed E-state index contributed by atoms with van der Waals surface area (Å²) in [5.74, 6) is -0.757. The summed E-state index contributed by atoms with van der Waals surface area (Å²) in [6.45, 7) is -1.63. The molecule has 0 aliphatic carbocycles. The first-order valence-corrected chi connectivity index (χ1v) is 5.00. The number of aliphatic hydroxyl groups excluding tert-OH is 1. The van der Waals surface area contributed by atoms with Crippen molar-refractivity contribution >= 4 is 5.91 Å². The number of ether oxygens (including phenoxy) is 1. The van der Waals surface area contributed by atoms with Crippen LogP contribution in [0.5, 0.6) is 5.75 Å². The molecular weight excluding hydrogens is 232 g/mol. The van der Waals surface area contributed by atoms with Crippen molar-refractivity contribution in [2.45, 2.75) is 19.6 Å². The van der Waals surface area contributed by atoms with Crippen LogP contribution < -0.4 is 10.1 Å². The fourth-order valence-electron chi connectivity index (χ4n) is 1.20. The third kappa shape index (κ3) is 3.99. The van der Waals surface area contributed by atoms with Gasteiger partial charge in [-0.25, -0.2) is 0 Å². The molecule has 0 fully saturated rings. The molecule has 1 aromatic carbocycles. The largest absolute Gasteiger partial charge is 0.434 e. The fourth-order valence-corrected chi connectivity index (χ4v) is 1.20. The number of hydrogen-bond acceptors (Lipinski definition) is 3. The van der Waals surface area contributed by atoms with Crippen molar-refractivity contribution in [3.05, 3.63) is 29.8 Å². The second kappa shape index (κ2) is 6.15. The highest BCUT2D eigenvalue weighted by Gasteiger charge is 2.16. The molecule has 0 aromatic heterocycles. The Morgan fingerprint density at radius 3 is 2.71 bits per heavy atom. The standard InChI is InChI=1S/C11H13F2NO3/c1-7(6-15)14-10(16)8-4-2-3-5-9(8)17-11(12)13/h2-5,7,11,15H,6H2,1H3,(H,14,16). The number of nitrogens with one attached hydrogen (secondary N) is 1. The van der Waals surface area contributed by atoms with E-state index in [0.29, 0.717) is 0 Å². The summed E-state index contributed by atoms with van der Waals surface area (Å²) >= 11 is 0.